The second-order valence-electron chi connectivity index (χ2n) is 6.43. The van der Waals surface area contributed by atoms with Gasteiger partial charge in [-0.3, -0.25) is 4.79 Å². The number of hydrogen-bond donors (Lipinski definition) is 2. The van der Waals surface area contributed by atoms with E-state index in [1.807, 2.05) is 92.7 Å². The molecule has 0 radical (unpaired) electrons. The second kappa shape index (κ2) is 9.63. The molecule has 3 aromatic rings. The fourth-order valence-corrected chi connectivity index (χ4v) is 3.59. The molecule has 144 valence electrons. The van der Waals surface area contributed by atoms with Crippen LogP contribution in [0.1, 0.15) is 11.1 Å². The first kappa shape index (κ1) is 20.2. The van der Waals surface area contributed by atoms with Gasteiger partial charge in [-0.1, -0.05) is 54.2 Å². The summed E-state index contributed by atoms with van der Waals surface area (Å²) in [6.45, 7) is 4.01. The average molecular weight is 400 g/mol. The molecule has 5 heteroatoms. The van der Waals surface area contributed by atoms with Crippen molar-refractivity contribution < 1.29 is 4.79 Å². The zero-order chi connectivity index (χ0) is 20.6. The van der Waals surface area contributed by atoms with Crippen molar-refractivity contribution in [1.29, 1.82) is 5.26 Å². The molecule has 0 aliphatic rings. The average Bonchev–Trinajstić information content (AvgIpc) is 2.73. The van der Waals surface area contributed by atoms with Crippen LogP contribution in [0.5, 0.6) is 0 Å². The topological polar surface area (TPSA) is 64.9 Å². The monoisotopic (exact) mass is 399 g/mol. The van der Waals surface area contributed by atoms with E-state index in [1.165, 1.54) is 6.20 Å². The lowest BCUT2D eigenvalue weighted by Gasteiger charge is -2.11. The maximum Gasteiger partial charge on any atom is 0.267 e. The molecule has 0 saturated carbocycles. The van der Waals surface area contributed by atoms with E-state index >= 15 is 0 Å². The number of para-hydroxylation sites is 1. The molecule has 0 heterocycles. The van der Waals surface area contributed by atoms with Crippen LogP contribution < -0.4 is 10.6 Å². The van der Waals surface area contributed by atoms with E-state index < -0.39 is 5.91 Å². The van der Waals surface area contributed by atoms with Gasteiger partial charge < -0.3 is 10.6 Å². The molecule has 0 saturated heterocycles. The number of nitrogens with one attached hydrogen (secondary N) is 2. The molecule has 1 amide bonds. The fraction of sp³-hybridized carbons (Fsp3) is 0.0833. The van der Waals surface area contributed by atoms with E-state index in [0.29, 0.717) is 5.69 Å². The molecule has 2 N–H and O–H groups in total. The molecule has 3 rings (SSSR count). The molecule has 0 bridgehead atoms. The zero-order valence-electron chi connectivity index (χ0n) is 16.3. The van der Waals surface area contributed by atoms with Crippen LogP contribution in [0.4, 0.5) is 11.4 Å². The van der Waals surface area contributed by atoms with Crippen molar-refractivity contribution in [3.8, 4) is 6.07 Å². The Hall–Kier alpha value is -3.49. The summed E-state index contributed by atoms with van der Waals surface area (Å²) < 4.78 is 0. The lowest BCUT2D eigenvalue weighted by Crippen LogP contribution is -2.15. The standard InChI is InChI=1S/C24H21N3OS/c1-17-9-8-13-21(18(17)2)26-16-19(15-25)24(28)27-22-12-6-7-14-23(22)29-20-10-4-3-5-11-20/h3-14,16,26H,1-2H3,(H,27,28)/b19-16-. The van der Waals surface area contributed by atoms with Crippen LogP contribution in [-0.4, -0.2) is 5.91 Å². The van der Waals surface area contributed by atoms with E-state index in [4.69, 9.17) is 0 Å². The van der Waals surface area contributed by atoms with Crippen LogP contribution in [0.15, 0.2) is 94.4 Å². The van der Waals surface area contributed by atoms with Gasteiger partial charge in [0, 0.05) is 21.7 Å². The predicted molar refractivity (Wildman–Crippen MR) is 119 cm³/mol. The Bertz CT molecular complexity index is 1080. The number of nitriles is 1. The zero-order valence-corrected chi connectivity index (χ0v) is 17.1. The van der Waals surface area contributed by atoms with Crippen molar-refractivity contribution in [2.45, 2.75) is 23.6 Å². The van der Waals surface area contributed by atoms with Crippen LogP contribution in [0.3, 0.4) is 0 Å². The summed E-state index contributed by atoms with van der Waals surface area (Å²) in [4.78, 5) is 14.7. The number of hydrogen-bond acceptors (Lipinski definition) is 4. The molecule has 0 spiro atoms. The van der Waals surface area contributed by atoms with Crippen LogP contribution in [0.2, 0.25) is 0 Å². The summed E-state index contributed by atoms with van der Waals surface area (Å²) in [5.74, 6) is -0.452. The summed E-state index contributed by atoms with van der Waals surface area (Å²) in [5.41, 5.74) is 3.75. The number of benzene rings is 3. The molecule has 0 aromatic heterocycles. The highest BCUT2D eigenvalue weighted by Gasteiger charge is 2.12. The van der Waals surface area contributed by atoms with Crippen molar-refractivity contribution >= 4 is 29.0 Å². The van der Waals surface area contributed by atoms with Gasteiger partial charge in [0.25, 0.3) is 5.91 Å². The lowest BCUT2D eigenvalue weighted by molar-refractivity contribution is -0.112. The molecule has 0 fully saturated rings. The maximum absolute atomic E-state index is 12.7. The van der Waals surface area contributed by atoms with E-state index in [-0.39, 0.29) is 5.57 Å². The van der Waals surface area contributed by atoms with Crippen molar-refractivity contribution in [2.24, 2.45) is 0 Å². The Morgan fingerprint density at radius 3 is 2.38 bits per heavy atom. The second-order valence-corrected chi connectivity index (χ2v) is 7.54. The molecular formula is C24H21N3OS. The van der Waals surface area contributed by atoms with Crippen LogP contribution in [-0.2, 0) is 4.79 Å². The maximum atomic E-state index is 12.7. The first-order chi connectivity index (χ1) is 14.1. The SMILES string of the molecule is Cc1cccc(N/C=C(/C#N)C(=O)Nc2ccccc2Sc2ccccc2)c1C. The van der Waals surface area contributed by atoms with Crippen LogP contribution in [0, 0.1) is 25.2 Å². The van der Waals surface area contributed by atoms with E-state index in [1.54, 1.807) is 11.8 Å². The summed E-state index contributed by atoms with van der Waals surface area (Å²) in [7, 11) is 0. The van der Waals surface area contributed by atoms with Gasteiger partial charge in [0.05, 0.1) is 5.69 Å². The molecule has 0 aliphatic carbocycles. The lowest BCUT2D eigenvalue weighted by atomic mass is 10.1. The minimum absolute atomic E-state index is 0.00502. The van der Waals surface area contributed by atoms with Gasteiger partial charge in [0.2, 0.25) is 0 Å². The fourth-order valence-electron chi connectivity index (χ4n) is 2.67. The third kappa shape index (κ3) is 5.28. The molecule has 3 aromatic carbocycles. The van der Waals surface area contributed by atoms with Gasteiger partial charge >= 0.3 is 0 Å². The first-order valence-corrected chi connectivity index (χ1v) is 9.96. The quantitative estimate of drug-likeness (QED) is 0.399. The number of nitrogens with zero attached hydrogens (tertiary/aromatic N) is 1. The minimum Gasteiger partial charge on any atom is -0.360 e. The van der Waals surface area contributed by atoms with Gasteiger partial charge in [-0.2, -0.15) is 5.26 Å². The number of carbonyl (C=O) groups excluding carboxylic acids is 1. The largest absolute Gasteiger partial charge is 0.360 e. The molecular weight excluding hydrogens is 378 g/mol. The number of anilines is 2. The highest BCUT2D eigenvalue weighted by atomic mass is 32.2. The number of rotatable bonds is 6. The van der Waals surface area contributed by atoms with Crippen molar-refractivity contribution in [1.82, 2.24) is 0 Å². The number of carbonyl (C=O) groups is 1. The van der Waals surface area contributed by atoms with Gasteiger partial charge in [-0.15, -0.1) is 0 Å². The van der Waals surface area contributed by atoms with Crippen LogP contribution in [0.25, 0.3) is 0 Å². The third-order valence-electron chi connectivity index (χ3n) is 4.45. The Morgan fingerprint density at radius 1 is 0.931 bits per heavy atom. The van der Waals surface area contributed by atoms with Crippen molar-refractivity contribution in [3.05, 3.63) is 95.7 Å². The normalized spacial score (nSPS) is 10.9. The number of aryl methyl sites for hydroxylation is 1. The smallest absolute Gasteiger partial charge is 0.267 e. The summed E-state index contributed by atoms with van der Waals surface area (Å²) in [6, 6.07) is 25.3. The van der Waals surface area contributed by atoms with Gasteiger partial charge in [-0.25, -0.2) is 0 Å². The Kier molecular flexibility index (Phi) is 6.72. The third-order valence-corrected chi connectivity index (χ3v) is 5.53. The summed E-state index contributed by atoms with van der Waals surface area (Å²) in [6.07, 6.45) is 1.45. The molecule has 0 aliphatic heterocycles. The molecule has 0 atom stereocenters. The molecule has 0 unspecified atom stereocenters. The van der Waals surface area contributed by atoms with E-state index in [2.05, 4.69) is 10.6 Å². The highest BCUT2D eigenvalue weighted by Crippen LogP contribution is 2.33. The van der Waals surface area contributed by atoms with Crippen LogP contribution >= 0.6 is 11.8 Å². The Morgan fingerprint density at radius 2 is 1.62 bits per heavy atom. The van der Waals surface area contributed by atoms with E-state index in [9.17, 15) is 10.1 Å². The summed E-state index contributed by atoms with van der Waals surface area (Å²) in [5, 5.41) is 15.4. The van der Waals surface area contributed by atoms with E-state index in [0.717, 1.165) is 26.6 Å². The minimum atomic E-state index is -0.452. The Balaban J connectivity index is 1.76. The van der Waals surface area contributed by atoms with Crippen molar-refractivity contribution in [3.63, 3.8) is 0 Å². The first-order valence-electron chi connectivity index (χ1n) is 9.15. The molecule has 29 heavy (non-hydrogen) atoms. The summed E-state index contributed by atoms with van der Waals surface area (Å²) >= 11 is 1.56. The van der Waals surface area contributed by atoms with Gasteiger partial charge in [0.15, 0.2) is 0 Å². The predicted octanol–water partition coefficient (Wildman–Crippen LogP) is 5.91. The van der Waals surface area contributed by atoms with Gasteiger partial charge in [0.1, 0.15) is 11.6 Å². The van der Waals surface area contributed by atoms with Crippen molar-refractivity contribution in [2.75, 3.05) is 10.6 Å². The Labute approximate surface area is 175 Å². The highest BCUT2D eigenvalue weighted by molar-refractivity contribution is 7.99. The molecule has 4 nitrogen and oxygen atoms in total. The number of amides is 1. The van der Waals surface area contributed by atoms with Gasteiger partial charge in [-0.05, 0) is 55.3 Å².